The fourth-order valence-electron chi connectivity index (χ4n) is 2.16. The van der Waals surface area contributed by atoms with Crippen LogP contribution in [0.15, 0.2) is 36.4 Å². The second-order valence-corrected chi connectivity index (χ2v) is 6.31. The summed E-state index contributed by atoms with van der Waals surface area (Å²) in [6.45, 7) is 1.65. The van der Waals surface area contributed by atoms with Crippen LogP contribution in [-0.2, 0) is 9.59 Å². The molecule has 0 bridgehead atoms. The minimum absolute atomic E-state index is 0.0136. The molecule has 128 valence electrons. The summed E-state index contributed by atoms with van der Waals surface area (Å²) >= 11 is 0.978. The molecule has 1 aromatic carbocycles. The van der Waals surface area contributed by atoms with Gasteiger partial charge >= 0.3 is 5.00 Å². The van der Waals surface area contributed by atoms with Crippen molar-refractivity contribution in [1.82, 2.24) is 0 Å². The van der Waals surface area contributed by atoms with Crippen LogP contribution in [0.1, 0.15) is 11.8 Å². The van der Waals surface area contributed by atoms with Crippen LogP contribution in [0.25, 0.3) is 6.08 Å². The summed E-state index contributed by atoms with van der Waals surface area (Å²) in [5.41, 5.74) is 0.975. The molecule has 2 heterocycles. The zero-order valence-corrected chi connectivity index (χ0v) is 13.8. The molecule has 2 aromatic rings. The van der Waals surface area contributed by atoms with Crippen molar-refractivity contribution < 1.29 is 19.2 Å². The maximum atomic E-state index is 12.0. The average molecular weight is 359 g/mol. The summed E-state index contributed by atoms with van der Waals surface area (Å²) in [6.07, 6.45) is 2.22. The molecule has 0 spiro atoms. The highest BCUT2D eigenvalue weighted by Gasteiger charge is 2.23. The van der Waals surface area contributed by atoms with Crippen LogP contribution in [0.5, 0.6) is 5.75 Å². The molecule has 2 amide bonds. The Hall–Kier alpha value is -3.20. The number of thiophene rings is 1. The smallest absolute Gasteiger partial charge is 0.324 e. The van der Waals surface area contributed by atoms with Crippen LogP contribution in [-0.4, -0.2) is 22.8 Å². The van der Waals surface area contributed by atoms with Crippen molar-refractivity contribution in [3.8, 4) is 5.75 Å². The first-order valence-corrected chi connectivity index (χ1v) is 8.09. The molecular weight excluding hydrogens is 346 g/mol. The van der Waals surface area contributed by atoms with E-state index in [0.29, 0.717) is 22.0 Å². The molecule has 1 aliphatic heterocycles. The Morgan fingerprint density at radius 3 is 2.92 bits per heavy atom. The zero-order chi connectivity index (χ0) is 18.0. The van der Waals surface area contributed by atoms with E-state index in [4.69, 9.17) is 4.74 Å². The molecule has 9 heteroatoms. The number of hydrogen-bond donors (Lipinski definition) is 2. The minimum Gasteiger partial charge on any atom is -0.479 e. The predicted octanol–water partition coefficient (Wildman–Crippen LogP) is 3.03. The first kappa shape index (κ1) is 16.7. The first-order chi connectivity index (χ1) is 11.9. The minimum atomic E-state index is -0.564. The maximum Gasteiger partial charge on any atom is 0.324 e. The van der Waals surface area contributed by atoms with Gasteiger partial charge in [-0.1, -0.05) is 11.3 Å². The van der Waals surface area contributed by atoms with E-state index in [1.165, 1.54) is 18.2 Å². The quantitative estimate of drug-likeness (QED) is 0.495. The molecule has 0 saturated carbocycles. The van der Waals surface area contributed by atoms with Gasteiger partial charge < -0.3 is 15.4 Å². The van der Waals surface area contributed by atoms with Gasteiger partial charge in [-0.3, -0.25) is 19.7 Å². The molecule has 0 radical (unpaired) electrons. The number of anilines is 2. The Morgan fingerprint density at radius 1 is 1.40 bits per heavy atom. The average Bonchev–Trinajstić information content (AvgIpc) is 3.04. The highest BCUT2D eigenvalue weighted by Crippen LogP contribution is 2.32. The lowest BCUT2D eigenvalue weighted by Crippen LogP contribution is -2.34. The molecule has 1 unspecified atom stereocenters. The van der Waals surface area contributed by atoms with Crippen molar-refractivity contribution in [2.45, 2.75) is 13.0 Å². The number of nitrogens with zero attached hydrogens (tertiary/aromatic N) is 1. The standard InChI is InChI=1S/C16H13N3O5S/c1-9-16(21)18-12-8-10(2-5-13(12)24-9)17-14(20)6-3-11-4-7-15(25-11)19(22)23/h2-9H,1H3,(H,17,20)(H,18,21)/b6-3+. The first-order valence-electron chi connectivity index (χ1n) is 7.27. The van der Waals surface area contributed by atoms with Gasteiger partial charge in [0.25, 0.3) is 5.91 Å². The number of hydrogen-bond acceptors (Lipinski definition) is 6. The number of nitrogens with one attached hydrogen (secondary N) is 2. The molecule has 0 fully saturated rings. The van der Waals surface area contributed by atoms with Crippen molar-refractivity contribution in [3.63, 3.8) is 0 Å². The van der Waals surface area contributed by atoms with Crippen molar-refractivity contribution in [2.24, 2.45) is 0 Å². The van der Waals surface area contributed by atoms with Gasteiger partial charge in [0.15, 0.2) is 6.10 Å². The summed E-state index contributed by atoms with van der Waals surface area (Å²) in [6, 6.07) is 7.87. The molecule has 1 aliphatic rings. The maximum absolute atomic E-state index is 12.0. The number of carbonyl (C=O) groups excluding carboxylic acids is 2. The zero-order valence-electron chi connectivity index (χ0n) is 13.0. The van der Waals surface area contributed by atoms with Crippen LogP contribution in [0.2, 0.25) is 0 Å². The third-order valence-corrected chi connectivity index (χ3v) is 4.37. The second-order valence-electron chi connectivity index (χ2n) is 5.22. The summed E-state index contributed by atoms with van der Waals surface area (Å²) in [5.74, 6) is -0.117. The fraction of sp³-hybridized carbons (Fsp3) is 0.125. The number of benzene rings is 1. The Kier molecular flexibility index (Phi) is 4.48. The molecule has 0 aliphatic carbocycles. The SMILES string of the molecule is CC1Oc2ccc(NC(=O)/C=C/c3ccc([N+](=O)[O-])s3)cc2NC1=O. The summed E-state index contributed by atoms with van der Waals surface area (Å²) in [5, 5.41) is 16.0. The highest BCUT2D eigenvalue weighted by atomic mass is 32.1. The Labute approximate surface area is 146 Å². The molecule has 0 saturated heterocycles. The van der Waals surface area contributed by atoms with Gasteiger partial charge in [0, 0.05) is 22.7 Å². The predicted molar refractivity (Wildman–Crippen MR) is 93.8 cm³/mol. The third-order valence-electron chi connectivity index (χ3n) is 3.37. The lowest BCUT2D eigenvalue weighted by Gasteiger charge is -2.23. The fourth-order valence-corrected chi connectivity index (χ4v) is 2.88. The third kappa shape index (κ3) is 3.83. The van der Waals surface area contributed by atoms with Gasteiger partial charge in [-0.15, -0.1) is 0 Å². The van der Waals surface area contributed by atoms with Gasteiger partial charge in [-0.25, -0.2) is 0 Å². The monoisotopic (exact) mass is 359 g/mol. The molecule has 1 aromatic heterocycles. The van der Waals surface area contributed by atoms with Crippen LogP contribution >= 0.6 is 11.3 Å². The molecule has 8 nitrogen and oxygen atoms in total. The Bertz CT molecular complexity index is 890. The topological polar surface area (TPSA) is 111 Å². The van der Waals surface area contributed by atoms with E-state index in [0.717, 1.165) is 11.3 Å². The normalized spacial score (nSPS) is 16.0. The molecule has 1 atom stereocenters. The summed E-state index contributed by atoms with van der Waals surface area (Å²) in [7, 11) is 0. The number of amides is 2. The van der Waals surface area contributed by atoms with Gasteiger partial charge in [0.05, 0.1) is 10.6 Å². The van der Waals surface area contributed by atoms with Crippen molar-refractivity contribution in [2.75, 3.05) is 10.6 Å². The Balaban J connectivity index is 1.66. The largest absolute Gasteiger partial charge is 0.479 e. The van der Waals surface area contributed by atoms with Gasteiger partial charge in [-0.05, 0) is 37.3 Å². The number of nitro groups is 1. The van der Waals surface area contributed by atoms with E-state index in [1.54, 1.807) is 31.2 Å². The van der Waals surface area contributed by atoms with Crippen LogP contribution < -0.4 is 15.4 Å². The van der Waals surface area contributed by atoms with E-state index in [1.807, 2.05) is 0 Å². The van der Waals surface area contributed by atoms with E-state index in [2.05, 4.69) is 10.6 Å². The van der Waals surface area contributed by atoms with Gasteiger partial charge in [0.2, 0.25) is 5.91 Å². The van der Waals surface area contributed by atoms with E-state index in [-0.39, 0.29) is 10.9 Å². The van der Waals surface area contributed by atoms with Crippen molar-refractivity contribution in [1.29, 1.82) is 0 Å². The number of fused-ring (bicyclic) bond motifs is 1. The van der Waals surface area contributed by atoms with E-state index >= 15 is 0 Å². The van der Waals surface area contributed by atoms with Gasteiger partial charge in [0.1, 0.15) is 5.75 Å². The number of ether oxygens (including phenoxy) is 1. The molecule has 25 heavy (non-hydrogen) atoms. The molecular formula is C16H13N3O5S. The van der Waals surface area contributed by atoms with Gasteiger partial charge in [-0.2, -0.15) is 0 Å². The van der Waals surface area contributed by atoms with Crippen LogP contribution in [0.3, 0.4) is 0 Å². The molecule has 3 rings (SSSR count). The lowest BCUT2D eigenvalue weighted by atomic mass is 10.2. The highest BCUT2D eigenvalue weighted by molar-refractivity contribution is 7.16. The van der Waals surface area contributed by atoms with Crippen molar-refractivity contribution >= 4 is 45.6 Å². The summed E-state index contributed by atoms with van der Waals surface area (Å²) in [4.78, 5) is 34.3. The molecule has 2 N–H and O–H groups in total. The second kappa shape index (κ2) is 6.73. The number of rotatable bonds is 4. The van der Waals surface area contributed by atoms with E-state index in [9.17, 15) is 19.7 Å². The lowest BCUT2D eigenvalue weighted by molar-refractivity contribution is -0.380. The Morgan fingerprint density at radius 2 is 2.20 bits per heavy atom. The number of carbonyl (C=O) groups is 2. The van der Waals surface area contributed by atoms with Crippen LogP contribution in [0.4, 0.5) is 16.4 Å². The van der Waals surface area contributed by atoms with Crippen LogP contribution in [0, 0.1) is 10.1 Å². The summed E-state index contributed by atoms with van der Waals surface area (Å²) < 4.78 is 5.44. The van der Waals surface area contributed by atoms with Crippen molar-refractivity contribution in [3.05, 3.63) is 51.4 Å². The van der Waals surface area contributed by atoms with E-state index < -0.39 is 16.9 Å².